The Bertz CT molecular complexity index is 431. The number of ether oxygens (including phenoxy) is 2. The molecule has 0 aromatic rings. The van der Waals surface area contributed by atoms with E-state index in [9.17, 15) is 14.4 Å². The summed E-state index contributed by atoms with van der Waals surface area (Å²) in [6, 6.07) is 0. The van der Waals surface area contributed by atoms with E-state index in [4.69, 9.17) is 4.74 Å². The van der Waals surface area contributed by atoms with Crippen molar-refractivity contribution < 1.29 is 23.9 Å². The number of hydrogen-bond acceptors (Lipinski definition) is 5. The zero-order valence-electron chi connectivity index (χ0n) is 11.3. The number of carbonyl (C=O) groups is 3. The lowest BCUT2D eigenvalue weighted by Crippen LogP contribution is -2.15. The summed E-state index contributed by atoms with van der Waals surface area (Å²) in [6.45, 7) is 13.4. The van der Waals surface area contributed by atoms with Gasteiger partial charge < -0.3 is 9.47 Å². The third-order valence-corrected chi connectivity index (χ3v) is 2.03. The smallest absolute Gasteiger partial charge is 0.341 e. The van der Waals surface area contributed by atoms with Crippen LogP contribution in [0.1, 0.15) is 26.7 Å². The molecule has 0 aromatic carbocycles. The average molecular weight is 266 g/mol. The Hall–Kier alpha value is -2.17. The maximum atomic E-state index is 11.4. The molecular formula is C14H18O5. The molecule has 0 fully saturated rings. The Kier molecular flexibility index (Phi) is 7.11. The predicted molar refractivity (Wildman–Crippen MR) is 70.1 cm³/mol. The summed E-state index contributed by atoms with van der Waals surface area (Å²) in [5.74, 6) is -2.05. The van der Waals surface area contributed by atoms with Crippen LogP contribution in [0, 0.1) is 0 Å². The average Bonchev–Trinajstić information content (AvgIpc) is 2.33. The van der Waals surface area contributed by atoms with Gasteiger partial charge in [-0.05, 0) is 26.7 Å². The first kappa shape index (κ1) is 16.8. The molecule has 0 rings (SSSR count). The van der Waals surface area contributed by atoms with E-state index >= 15 is 0 Å². The SMILES string of the molecule is C=C(C)C(=O)OCCCC(=C)C(=O)OC(=O)C(=C)C. The molecule has 0 aliphatic carbocycles. The Morgan fingerprint density at radius 3 is 1.89 bits per heavy atom. The third kappa shape index (κ3) is 6.98. The van der Waals surface area contributed by atoms with E-state index in [0.29, 0.717) is 12.0 Å². The third-order valence-electron chi connectivity index (χ3n) is 2.03. The summed E-state index contributed by atoms with van der Waals surface area (Å²) < 4.78 is 9.33. The molecule has 19 heavy (non-hydrogen) atoms. The zero-order chi connectivity index (χ0) is 15.0. The number of rotatable bonds is 7. The van der Waals surface area contributed by atoms with Crippen LogP contribution in [-0.2, 0) is 23.9 Å². The molecule has 0 N–H and O–H groups in total. The molecular weight excluding hydrogens is 248 g/mol. The van der Waals surface area contributed by atoms with Crippen molar-refractivity contribution in [3.63, 3.8) is 0 Å². The van der Waals surface area contributed by atoms with Gasteiger partial charge in [0.2, 0.25) is 0 Å². The largest absolute Gasteiger partial charge is 0.462 e. The van der Waals surface area contributed by atoms with Crippen molar-refractivity contribution in [3.8, 4) is 0 Å². The minimum absolute atomic E-state index is 0.136. The van der Waals surface area contributed by atoms with Crippen LogP contribution in [0.25, 0.3) is 0 Å². The van der Waals surface area contributed by atoms with E-state index < -0.39 is 17.9 Å². The fraction of sp³-hybridized carbons (Fsp3) is 0.357. The molecule has 0 spiro atoms. The summed E-state index contributed by atoms with van der Waals surface area (Å²) in [5.41, 5.74) is 0.586. The molecule has 5 heteroatoms. The summed E-state index contributed by atoms with van der Waals surface area (Å²) >= 11 is 0. The Balaban J connectivity index is 3.96. The fourth-order valence-corrected chi connectivity index (χ4v) is 0.919. The highest BCUT2D eigenvalue weighted by atomic mass is 16.6. The maximum Gasteiger partial charge on any atom is 0.341 e. The van der Waals surface area contributed by atoms with Gasteiger partial charge in [-0.1, -0.05) is 19.7 Å². The Morgan fingerprint density at radius 1 is 0.895 bits per heavy atom. The van der Waals surface area contributed by atoms with Gasteiger partial charge in [-0.25, -0.2) is 14.4 Å². The molecule has 0 aromatic heterocycles. The van der Waals surface area contributed by atoms with E-state index in [1.165, 1.54) is 6.92 Å². The highest BCUT2D eigenvalue weighted by Gasteiger charge is 2.14. The number of carbonyl (C=O) groups excluding carboxylic acids is 3. The quantitative estimate of drug-likeness (QED) is 0.305. The van der Waals surface area contributed by atoms with Gasteiger partial charge in [0.25, 0.3) is 0 Å². The highest BCUT2D eigenvalue weighted by molar-refractivity contribution is 6.00. The lowest BCUT2D eigenvalue weighted by Gasteiger charge is -2.06. The van der Waals surface area contributed by atoms with Crippen LogP contribution in [0.5, 0.6) is 0 Å². The van der Waals surface area contributed by atoms with Crippen LogP contribution >= 0.6 is 0 Å². The molecule has 0 aliphatic rings. The van der Waals surface area contributed by atoms with E-state index in [2.05, 4.69) is 24.5 Å². The van der Waals surface area contributed by atoms with Crippen LogP contribution < -0.4 is 0 Å². The van der Waals surface area contributed by atoms with Crippen LogP contribution in [0.4, 0.5) is 0 Å². The first-order valence-corrected chi connectivity index (χ1v) is 5.68. The minimum Gasteiger partial charge on any atom is -0.462 e. The second-order valence-corrected chi connectivity index (χ2v) is 4.08. The second-order valence-electron chi connectivity index (χ2n) is 4.08. The molecule has 5 nitrogen and oxygen atoms in total. The van der Waals surface area contributed by atoms with Gasteiger partial charge in [-0.2, -0.15) is 0 Å². The summed E-state index contributed by atoms with van der Waals surface area (Å²) in [5, 5.41) is 0. The molecule has 0 heterocycles. The molecule has 0 atom stereocenters. The van der Waals surface area contributed by atoms with Crippen molar-refractivity contribution in [1.82, 2.24) is 0 Å². The van der Waals surface area contributed by atoms with Crippen molar-refractivity contribution in [3.05, 3.63) is 36.5 Å². The fourth-order valence-electron chi connectivity index (χ4n) is 0.919. The van der Waals surface area contributed by atoms with E-state index in [0.717, 1.165) is 0 Å². The maximum absolute atomic E-state index is 11.4. The molecule has 0 radical (unpaired) electrons. The van der Waals surface area contributed by atoms with E-state index in [1.807, 2.05) is 0 Å². The van der Waals surface area contributed by atoms with Crippen molar-refractivity contribution in [2.24, 2.45) is 0 Å². The van der Waals surface area contributed by atoms with Crippen molar-refractivity contribution >= 4 is 17.9 Å². The molecule has 0 unspecified atom stereocenters. The van der Waals surface area contributed by atoms with Crippen molar-refractivity contribution in [2.75, 3.05) is 6.61 Å². The normalized spacial score (nSPS) is 9.37. The van der Waals surface area contributed by atoms with Crippen molar-refractivity contribution in [2.45, 2.75) is 26.7 Å². The predicted octanol–water partition coefficient (Wildman–Crippen LogP) is 2.09. The van der Waals surface area contributed by atoms with Crippen LogP contribution in [0.2, 0.25) is 0 Å². The molecule has 104 valence electrons. The Labute approximate surface area is 112 Å². The monoisotopic (exact) mass is 266 g/mol. The minimum atomic E-state index is -0.792. The molecule has 0 bridgehead atoms. The summed E-state index contributed by atoms with van der Waals surface area (Å²) in [4.78, 5) is 33.5. The van der Waals surface area contributed by atoms with Crippen LogP contribution in [0.15, 0.2) is 36.5 Å². The lowest BCUT2D eigenvalue weighted by molar-refractivity contribution is -0.154. The summed E-state index contributed by atoms with van der Waals surface area (Å²) in [7, 11) is 0. The molecule has 0 saturated carbocycles. The van der Waals surface area contributed by atoms with Crippen molar-refractivity contribution in [1.29, 1.82) is 0 Å². The molecule has 0 amide bonds. The molecule has 0 aliphatic heterocycles. The van der Waals surface area contributed by atoms with E-state index in [-0.39, 0.29) is 24.2 Å². The Morgan fingerprint density at radius 2 is 1.42 bits per heavy atom. The first-order valence-electron chi connectivity index (χ1n) is 5.68. The van der Waals surface area contributed by atoms with Gasteiger partial charge >= 0.3 is 17.9 Å². The lowest BCUT2D eigenvalue weighted by atomic mass is 10.2. The number of hydrogen-bond donors (Lipinski definition) is 0. The van der Waals surface area contributed by atoms with Gasteiger partial charge in [0.15, 0.2) is 0 Å². The topological polar surface area (TPSA) is 69.7 Å². The number of esters is 3. The summed E-state index contributed by atoms with van der Waals surface area (Å²) in [6.07, 6.45) is 0.681. The highest BCUT2D eigenvalue weighted by Crippen LogP contribution is 2.07. The van der Waals surface area contributed by atoms with Gasteiger partial charge in [0, 0.05) is 16.7 Å². The molecule has 0 saturated heterocycles. The van der Waals surface area contributed by atoms with E-state index in [1.54, 1.807) is 6.92 Å². The first-order chi connectivity index (χ1) is 8.75. The van der Waals surface area contributed by atoms with Gasteiger partial charge in [-0.15, -0.1) is 0 Å². The second kappa shape index (κ2) is 8.02. The standard InChI is InChI=1S/C14H18O5/c1-9(2)12(15)18-8-6-7-11(5)14(17)19-13(16)10(3)4/h1,3,5-8H2,2,4H3. The zero-order valence-corrected chi connectivity index (χ0v) is 11.3. The van der Waals surface area contributed by atoms with Crippen LogP contribution in [0.3, 0.4) is 0 Å². The van der Waals surface area contributed by atoms with Gasteiger partial charge in [-0.3, -0.25) is 0 Å². The van der Waals surface area contributed by atoms with Gasteiger partial charge in [0.05, 0.1) is 6.61 Å². The van der Waals surface area contributed by atoms with Crippen LogP contribution in [-0.4, -0.2) is 24.5 Å². The van der Waals surface area contributed by atoms with Gasteiger partial charge in [0.1, 0.15) is 0 Å².